The van der Waals surface area contributed by atoms with Crippen LogP contribution < -0.4 is 5.32 Å². The lowest BCUT2D eigenvalue weighted by Crippen LogP contribution is -2.50. The first-order chi connectivity index (χ1) is 16.0. The van der Waals surface area contributed by atoms with Gasteiger partial charge in [0.2, 0.25) is 0 Å². The number of rotatable bonds is 4. The molecule has 2 heterocycles. The fourth-order valence-corrected chi connectivity index (χ4v) is 5.18. The van der Waals surface area contributed by atoms with Crippen molar-refractivity contribution in [3.63, 3.8) is 0 Å². The van der Waals surface area contributed by atoms with E-state index in [1.54, 1.807) is 0 Å². The van der Waals surface area contributed by atoms with Gasteiger partial charge in [-0.1, -0.05) is 16.8 Å². The van der Waals surface area contributed by atoms with E-state index in [0.29, 0.717) is 17.7 Å². The maximum atomic E-state index is 14.2. The molecule has 1 N–H and O–H groups in total. The van der Waals surface area contributed by atoms with Crippen molar-refractivity contribution < 1.29 is 44.8 Å². The van der Waals surface area contributed by atoms with Crippen LogP contribution >= 0.6 is 22.9 Å². The van der Waals surface area contributed by atoms with E-state index in [0.717, 1.165) is 17.4 Å². The average Bonchev–Trinajstić information content (AvgIpc) is 3.30. The Balaban J connectivity index is 1.61. The normalized spacial score (nSPS) is 22.4. The van der Waals surface area contributed by atoms with Crippen LogP contribution in [0.15, 0.2) is 29.4 Å². The molecule has 1 atom stereocenters. The maximum Gasteiger partial charge on any atom is 0.435 e. The van der Waals surface area contributed by atoms with E-state index in [2.05, 4.69) is 10.5 Å². The third kappa shape index (κ3) is 4.84. The zero-order chi connectivity index (χ0) is 26.0. The van der Waals surface area contributed by atoms with Crippen LogP contribution in [0.5, 0.6) is 0 Å². The first kappa shape index (κ1) is 25.7. The summed E-state index contributed by atoms with van der Waals surface area (Å²) >= 11 is 6.46. The number of carbonyl (C=O) groups is 1. The number of aryl methyl sites for hydroxylation is 1. The number of hydrogen-bond acceptors (Lipinski definition) is 4. The molecule has 1 fully saturated rings. The van der Waals surface area contributed by atoms with Gasteiger partial charge in [0, 0.05) is 29.5 Å². The quantitative estimate of drug-likeness (QED) is 0.427. The van der Waals surface area contributed by atoms with E-state index < -0.39 is 71.2 Å². The second-order valence-electron chi connectivity index (χ2n) is 8.41. The molecule has 4 rings (SSSR count). The molecule has 2 aromatic rings. The highest BCUT2D eigenvalue weighted by atomic mass is 35.5. The molecule has 0 radical (unpaired) electrons. The van der Waals surface area contributed by atoms with Gasteiger partial charge in [-0.15, -0.1) is 11.3 Å². The van der Waals surface area contributed by atoms with Crippen molar-refractivity contribution in [3.8, 4) is 0 Å². The zero-order valence-corrected chi connectivity index (χ0v) is 19.2. The second kappa shape index (κ2) is 8.32. The molecule has 1 aliphatic heterocycles. The predicted molar refractivity (Wildman–Crippen MR) is 111 cm³/mol. The van der Waals surface area contributed by atoms with Crippen molar-refractivity contribution in [3.05, 3.63) is 55.7 Å². The van der Waals surface area contributed by atoms with Crippen LogP contribution in [0.4, 0.5) is 35.1 Å². The number of thiophene rings is 1. The lowest BCUT2D eigenvalue weighted by atomic mass is 9.87. The van der Waals surface area contributed by atoms with Crippen molar-refractivity contribution in [1.29, 1.82) is 0 Å². The monoisotopic (exact) mass is 546 g/mol. The molecule has 35 heavy (non-hydrogen) atoms. The Morgan fingerprint density at radius 3 is 2.37 bits per heavy atom. The minimum atomic E-state index is -5.17. The number of nitrogens with zero attached hydrogens (tertiary/aromatic N) is 1. The summed E-state index contributed by atoms with van der Waals surface area (Å²) in [6.07, 6.45) is -12.1. The Bertz CT molecular complexity index is 1200. The first-order valence-corrected chi connectivity index (χ1v) is 11.2. The fourth-order valence-electron chi connectivity index (χ4n) is 3.89. The maximum absolute atomic E-state index is 14.2. The van der Waals surface area contributed by atoms with Crippen LogP contribution in [0.2, 0.25) is 5.02 Å². The predicted octanol–water partition coefficient (Wildman–Crippen LogP) is 6.84. The molecular formula is C21H15ClF8N2O2S. The molecule has 1 amide bonds. The molecule has 1 aromatic carbocycles. The number of benzene rings is 1. The third-order valence-electron chi connectivity index (χ3n) is 5.71. The van der Waals surface area contributed by atoms with Gasteiger partial charge >= 0.3 is 12.4 Å². The number of oxime groups is 1. The Labute approximate surface area is 201 Å². The summed E-state index contributed by atoms with van der Waals surface area (Å²) in [6.45, 7) is 1.50. The highest BCUT2D eigenvalue weighted by molar-refractivity contribution is 7.16. The lowest BCUT2D eigenvalue weighted by molar-refractivity contribution is -0.276. The highest BCUT2D eigenvalue weighted by Crippen LogP contribution is 2.50. The van der Waals surface area contributed by atoms with Crippen LogP contribution in [0.25, 0.3) is 0 Å². The standard InChI is InChI=1S/C21H15ClF8N2O2S/c1-9-2-15(35-16(9)17(33)31-13-6-18(23,24)7-13)14-8-19(34-32-14,21(28,29)30)10-3-11(20(25,26)27)5-12(22)4-10/h2-5,13H,6-8H2,1H3,(H,31,33)/t19-/m1/s1. The van der Waals surface area contributed by atoms with Gasteiger partial charge in [-0.2, -0.15) is 26.3 Å². The third-order valence-corrected chi connectivity index (χ3v) is 7.21. The van der Waals surface area contributed by atoms with Gasteiger partial charge in [0.15, 0.2) is 0 Å². The van der Waals surface area contributed by atoms with Gasteiger partial charge in [0.1, 0.15) is 5.71 Å². The van der Waals surface area contributed by atoms with Gasteiger partial charge < -0.3 is 10.2 Å². The molecule has 14 heteroatoms. The second-order valence-corrected chi connectivity index (χ2v) is 9.90. The van der Waals surface area contributed by atoms with E-state index in [-0.39, 0.29) is 15.5 Å². The van der Waals surface area contributed by atoms with E-state index in [4.69, 9.17) is 16.4 Å². The van der Waals surface area contributed by atoms with Gasteiger partial charge in [-0.3, -0.25) is 4.79 Å². The van der Waals surface area contributed by atoms with Crippen LogP contribution in [-0.4, -0.2) is 29.8 Å². The summed E-state index contributed by atoms with van der Waals surface area (Å²) in [4.78, 5) is 17.4. The molecule has 190 valence electrons. The van der Waals surface area contributed by atoms with E-state index in [1.807, 2.05) is 0 Å². The number of alkyl halides is 8. The molecular weight excluding hydrogens is 532 g/mol. The average molecular weight is 547 g/mol. The minimum Gasteiger partial charge on any atom is -0.374 e. The van der Waals surface area contributed by atoms with Crippen LogP contribution in [0.1, 0.15) is 50.5 Å². The van der Waals surface area contributed by atoms with Crippen molar-refractivity contribution >= 4 is 34.6 Å². The summed E-state index contributed by atoms with van der Waals surface area (Å²) in [7, 11) is 0. The summed E-state index contributed by atoms with van der Waals surface area (Å²) < 4.78 is 108. The summed E-state index contributed by atoms with van der Waals surface area (Å²) in [5.74, 6) is -3.51. The van der Waals surface area contributed by atoms with Gasteiger partial charge in [0.25, 0.3) is 17.4 Å². The molecule has 4 nitrogen and oxygen atoms in total. The topological polar surface area (TPSA) is 50.7 Å². The smallest absolute Gasteiger partial charge is 0.374 e. The molecule has 0 saturated heterocycles. The first-order valence-electron chi connectivity index (χ1n) is 10.0. The zero-order valence-electron chi connectivity index (χ0n) is 17.6. The summed E-state index contributed by atoms with van der Waals surface area (Å²) in [6, 6.07) is 2.19. The Morgan fingerprint density at radius 1 is 1.14 bits per heavy atom. The molecule has 0 bridgehead atoms. The van der Waals surface area contributed by atoms with Crippen molar-refractivity contribution in [2.75, 3.05) is 0 Å². The largest absolute Gasteiger partial charge is 0.435 e. The molecule has 2 aliphatic rings. The molecule has 1 aliphatic carbocycles. The molecule has 1 aromatic heterocycles. The number of carbonyl (C=O) groups excluding carboxylic acids is 1. The Morgan fingerprint density at radius 2 is 1.80 bits per heavy atom. The molecule has 0 unspecified atom stereocenters. The number of amides is 1. The van der Waals surface area contributed by atoms with Gasteiger partial charge in [-0.25, -0.2) is 8.78 Å². The number of nitrogens with one attached hydrogen (secondary N) is 1. The molecule has 1 saturated carbocycles. The van der Waals surface area contributed by atoms with E-state index in [1.165, 1.54) is 13.0 Å². The number of hydrogen-bond donors (Lipinski definition) is 1. The van der Waals surface area contributed by atoms with Crippen LogP contribution in [-0.2, 0) is 16.6 Å². The van der Waals surface area contributed by atoms with E-state index in [9.17, 15) is 39.9 Å². The van der Waals surface area contributed by atoms with E-state index >= 15 is 0 Å². The van der Waals surface area contributed by atoms with Gasteiger partial charge in [0.05, 0.1) is 21.7 Å². The van der Waals surface area contributed by atoms with Crippen molar-refractivity contribution in [1.82, 2.24) is 5.32 Å². The van der Waals surface area contributed by atoms with Crippen LogP contribution in [0, 0.1) is 6.92 Å². The summed E-state index contributed by atoms with van der Waals surface area (Å²) in [5, 5.41) is 5.38. The highest BCUT2D eigenvalue weighted by Gasteiger charge is 2.63. The lowest BCUT2D eigenvalue weighted by Gasteiger charge is -2.35. The SMILES string of the molecule is Cc1cc(C2=NO[C@](c3cc(Cl)cc(C(F)(F)F)c3)(C(F)(F)F)C2)sc1C(=O)NC1CC(F)(F)C1. The van der Waals surface area contributed by atoms with Crippen LogP contribution in [0.3, 0.4) is 0 Å². The van der Waals surface area contributed by atoms with Crippen molar-refractivity contribution in [2.24, 2.45) is 5.16 Å². The van der Waals surface area contributed by atoms with Gasteiger partial charge in [-0.05, 0) is 36.8 Å². The van der Waals surface area contributed by atoms with Crippen molar-refractivity contribution in [2.45, 2.75) is 56.1 Å². The molecule has 0 spiro atoms. The fraction of sp³-hybridized carbons (Fsp3) is 0.429. The Kier molecular flexibility index (Phi) is 6.11. The Hall–Kier alpha value is -2.41. The summed E-state index contributed by atoms with van der Waals surface area (Å²) in [5.41, 5.74) is -5.36. The number of halogens is 9. The minimum absolute atomic E-state index is 0.0875.